The van der Waals surface area contributed by atoms with Gasteiger partial charge in [0.15, 0.2) is 0 Å². The fraction of sp³-hybridized carbons (Fsp3) is 0.462. The van der Waals surface area contributed by atoms with E-state index in [1.807, 2.05) is 0 Å². The molecule has 0 aliphatic carbocycles. The number of hydrogen-bond acceptors (Lipinski definition) is 2. The highest BCUT2D eigenvalue weighted by atomic mass is 35.5. The van der Waals surface area contributed by atoms with Gasteiger partial charge in [-0.25, -0.2) is 4.79 Å². The van der Waals surface area contributed by atoms with E-state index in [0.717, 1.165) is 12.8 Å². The molecule has 0 radical (unpaired) electrons. The smallest absolute Gasteiger partial charge is 0.337 e. The van der Waals surface area contributed by atoms with Gasteiger partial charge in [0.25, 0.3) is 0 Å². The van der Waals surface area contributed by atoms with Gasteiger partial charge < -0.3 is 10.4 Å². The average Bonchev–Trinajstić information content (AvgIpc) is 2.20. The van der Waals surface area contributed by atoms with E-state index >= 15 is 0 Å². The molecule has 17 heavy (non-hydrogen) atoms. The zero-order chi connectivity index (χ0) is 13.1. The summed E-state index contributed by atoms with van der Waals surface area (Å²) in [5.74, 6) is -0.970. The largest absolute Gasteiger partial charge is 0.478 e. The minimum atomic E-state index is -0.970. The minimum absolute atomic E-state index is 0.132. The number of aromatic carboxylic acids is 1. The third-order valence-electron chi connectivity index (χ3n) is 2.56. The van der Waals surface area contributed by atoms with Crippen molar-refractivity contribution < 1.29 is 9.90 Å². The summed E-state index contributed by atoms with van der Waals surface area (Å²) in [5.41, 5.74) is 0.689. The van der Waals surface area contributed by atoms with Crippen LogP contribution in [0.4, 0.5) is 5.69 Å². The molecule has 0 atom stereocenters. The van der Waals surface area contributed by atoms with Gasteiger partial charge in [-0.3, -0.25) is 0 Å². The second-order valence-electron chi connectivity index (χ2n) is 4.75. The summed E-state index contributed by atoms with van der Waals surface area (Å²) in [7, 11) is 0. The molecule has 1 aromatic rings. The molecule has 2 N–H and O–H groups in total. The minimum Gasteiger partial charge on any atom is -0.478 e. The number of carboxylic acid groups (broad SMARTS) is 1. The molecule has 0 unspecified atom stereocenters. The van der Waals surface area contributed by atoms with Gasteiger partial charge >= 0.3 is 5.97 Å². The normalized spacial score (nSPS) is 11.3. The molecule has 0 bridgehead atoms. The number of halogens is 1. The molecule has 0 spiro atoms. The number of benzene rings is 1. The first-order valence-electron chi connectivity index (χ1n) is 5.67. The van der Waals surface area contributed by atoms with E-state index in [1.54, 1.807) is 12.1 Å². The number of carbonyl (C=O) groups is 1. The Bertz CT molecular complexity index is 416. The Kier molecular flexibility index (Phi) is 4.40. The van der Waals surface area contributed by atoms with E-state index in [9.17, 15) is 4.79 Å². The summed E-state index contributed by atoms with van der Waals surface area (Å²) in [6, 6.07) is 4.87. The SMILES string of the molecule is CCCC(C)(C)Nc1ccc(Cl)cc1C(=O)O. The molecule has 0 saturated heterocycles. The van der Waals surface area contributed by atoms with Crippen LogP contribution in [0.5, 0.6) is 0 Å². The second kappa shape index (κ2) is 5.41. The monoisotopic (exact) mass is 255 g/mol. The van der Waals surface area contributed by atoms with Crippen molar-refractivity contribution in [2.45, 2.75) is 39.2 Å². The predicted octanol–water partition coefficient (Wildman–Crippen LogP) is 4.03. The van der Waals surface area contributed by atoms with E-state index in [-0.39, 0.29) is 11.1 Å². The van der Waals surface area contributed by atoms with Crippen molar-refractivity contribution in [3.63, 3.8) is 0 Å². The maximum absolute atomic E-state index is 11.1. The molecule has 3 nitrogen and oxygen atoms in total. The van der Waals surface area contributed by atoms with Crippen LogP contribution in [0.15, 0.2) is 18.2 Å². The lowest BCUT2D eigenvalue weighted by atomic mass is 9.97. The van der Waals surface area contributed by atoms with Crippen LogP contribution in [0.3, 0.4) is 0 Å². The zero-order valence-corrected chi connectivity index (χ0v) is 11.1. The van der Waals surface area contributed by atoms with Crippen molar-refractivity contribution in [2.24, 2.45) is 0 Å². The van der Waals surface area contributed by atoms with Crippen LogP contribution in [-0.2, 0) is 0 Å². The molecule has 0 aliphatic rings. The van der Waals surface area contributed by atoms with E-state index in [2.05, 4.69) is 26.1 Å². The Hall–Kier alpha value is -1.22. The van der Waals surface area contributed by atoms with E-state index in [4.69, 9.17) is 16.7 Å². The van der Waals surface area contributed by atoms with E-state index in [1.165, 1.54) is 6.07 Å². The molecule has 1 rings (SSSR count). The first-order valence-corrected chi connectivity index (χ1v) is 6.04. The zero-order valence-electron chi connectivity index (χ0n) is 10.4. The Morgan fingerprint density at radius 3 is 2.65 bits per heavy atom. The molecule has 4 heteroatoms. The third-order valence-corrected chi connectivity index (χ3v) is 2.80. The lowest BCUT2D eigenvalue weighted by Crippen LogP contribution is -2.31. The molecule has 0 aromatic heterocycles. The molecule has 0 fully saturated rings. The lowest BCUT2D eigenvalue weighted by Gasteiger charge is -2.28. The Labute approximate surface area is 107 Å². The van der Waals surface area contributed by atoms with Crippen molar-refractivity contribution in [1.82, 2.24) is 0 Å². The summed E-state index contributed by atoms with van der Waals surface area (Å²) >= 11 is 5.80. The van der Waals surface area contributed by atoms with Gasteiger partial charge in [0, 0.05) is 16.2 Å². The highest BCUT2D eigenvalue weighted by Gasteiger charge is 2.19. The van der Waals surface area contributed by atoms with Crippen LogP contribution in [-0.4, -0.2) is 16.6 Å². The van der Waals surface area contributed by atoms with Crippen LogP contribution < -0.4 is 5.32 Å². The first-order chi connectivity index (χ1) is 7.85. The second-order valence-corrected chi connectivity index (χ2v) is 5.19. The molecular formula is C13H18ClNO2. The maximum Gasteiger partial charge on any atom is 0.337 e. The van der Waals surface area contributed by atoms with Crippen LogP contribution in [0, 0.1) is 0 Å². The van der Waals surface area contributed by atoms with E-state index < -0.39 is 5.97 Å². The third kappa shape index (κ3) is 3.93. The van der Waals surface area contributed by atoms with Crippen molar-refractivity contribution in [2.75, 3.05) is 5.32 Å². The fourth-order valence-corrected chi connectivity index (χ4v) is 2.03. The van der Waals surface area contributed by atoms with Gasteiger partial charge in [-0.1, -0.05) is 24.9 Å². The number of nitrogens with one attached hydrogen (secondary N) is 1. The number of anilines is 1. The summed E-state index contributed by atoms with van der Waals surface area (Å²) in [4.78, 5) is 11.1. The first kappa shape index (κ1) is 13.8. The molecule has 0 heterocycles. The molecule has 1 aromatic carbocycles. The van der Waals surface area contributed by atoms with Gasteiger partial charge in [-0.15, -0.1) is 0 Å². The maximum atomic E-state index is 11.1. The lowest BCUT2D eigenvalue weighted by molar-refractivity contribution is 0.0698. The Morgan fingerprint density at radius 2 is 2.12 bits per heavy atom. The summed E-state index contributed by atoms with van der Waals surface area (Å²) in [6.07, 6.45) is 2.00. The Balaban J connectivity index is 3.02. The molecular weight excluding hydrogens is 238 g/mol. The number of hydrogen-bond donors (Lipinski definition) is 2. The van der Waals surface area contributed by atoms with Crippen molar-refractivity contribution in [3.05, 3.63) is 28.8 Å². The molecule has 0 aliphatic heterocycles. The standard InChI is InChI=1S/C13H18ClNO2/c1-4-7-13(2,3)15-11-6-5-9(14)8-10(11)12(16)17/h5-6,8,15H,4,7H2,1-3H3,(H,16,17). The quantitative estimate of drug-likeness (QED) is 0.835. The predicted molar refractivity (Wildman–Crippen MR) is 71.0 cm³/mol. The van der Waals surface area contributed by atoms with E-state index in [0.29, 0.717) is 10.7 Å². The summed E-state index contributed by atoms with van der Waals surface area (Å²) < 4.78 is 0. The molecule has 0 amide bonds. The topological polar surface area (TPSA) is 49.3 Å². The van der Waals surface area contributed by atoms with Gasteiger partial charge in [-0.2, -0.15) is 0 Å². The van der Waals surface area contributed by atoms with Crippen LogP contribution in [0.25, 0.3) is 0 Å². The van der Waals surface area contributed by atoms with Crippen LogP contribution in [0.2, 0.25) is 5.02 Å². The highest BCUT2D eigenvalue weighted by Crippen LogP contribution is 2.25. The van der Waals surface area contributed by atoms with Crippen LogP contribution >= 0.6 is 11.6 Å². The van der Waals surface area contributed by atoms with Crippen molar-refractivity contribution >= 4 is 23.3 Å². The van der Waals surface area contributed by atoms with Crippen molar-refractivity contribution in [1.29, 1.82) is 0 Å². The molecule has 94 valence electrons. The van der Waals surface area contributed by atoms with Gasteiger partial charge in [0.1, 0.15) is 0 Å². The number of rotatable bonds is 5. The number of carboxylic acids is 1. The Morgan fingerprint density at radius 1 is 1.47 bits per heavy atom. The van der Waals surface area contributed by atoms with Crippen molar-refractivity contribution in [3.8, 4) is 0 Å². The average molecular weight is 256 g/mol. The summed E-state index contributed by atoms with van der Waals surface area (Å²) in [6.45, 7) is 6.21. The van der Waals surface area contributed by atoms with Gasteiger partial charge in [0.2, 0.25) is 0 Å². The molecule has 0 saturated carbocycles. The summed E-state index contributed by atoms with van der Waals surface area (Å²) in [5, 5.41) is 12.8. The fourth-order valence-electron chi connectivity index (χ4n) is 1.85. The van der Waals surface area contributed by atoms with Gasteiger partial charge in [0.05, 0.1) is 5.56 Å². The van der Waals surface area contributed by atoms with Crippen LogP contribution in [0.1, 0.15) is 44.0 Å². The van der Waals surface area contributed by atoms with Gasteiger partial charge in [-0.05, 0) is 38.5 Å². The highest BCUT2D eigenvalue weighted by molar-refractivity contribution is 6.31.